The maximum atomic E-state index is 14.1. The van der Waals surface area contributed by atoms with Gasteiger partial charge in [0, 0.05) is 5.56 Å². The molecule has 0 N–H and O–H groups in total. The third-order valence-corrected chi connectivity index (χ3v) is 3.73. The standard InChI is InChI=1S/C16H15ClF2/c1-9-5-4-6-13(16(9)19)14(17)12-7-10(2)15(18)11(3)8-12/h4-8,14H,1-3H3. The largest absolute Gasteiger partial charge is 0.206 e. The quantitative estimate of drug-likeness (QED) is 0.662. The van der Waals surface area contributed by atoms with E-state index in [0.29, 0.717) is 27.8 Å². The van der Waals surface area contributed by atoms with Crippen molar-refractivity contribution >= 4 is 11.6 Å². The number of rotatable bonds is 2. The van der Waals surface area contributed by atoms with Crippen molar-refractivity contribution in [3.63, 3.8) is 0 Å². The highest BCUT2D eigenvalue weighted by Crippen LogP contribution is 2.33. The number of halogens is 3. The summed E-state index contributed by atoms with van der Waals surface area (Å²) in [5, 5.41) is -0.613. The lowest BCUT2D eigenvalue weighted by molar-refractivity contribution is 0.601. The summed E-state index contributed by atoms with van der Waals surface area (Å²) in [6.45, 7) is 5.06. The van der Waals surface area contributed by atoms with Gasteiger partial charge in [0.2, 0.25) is 0 Å². The minimum Gasteiger partial charge on any atom is -0.206 e. The van der Waals surface area contributed by atoms with Gasteiger partial charge in [0.15, 0.2) is 0 Å². The average molecular weight is 281 g/mol. The number of alkyl halides is 1. The Kier molecular flexibility index (Phi) is 3.91. The van der Waals surface area contributed by atoms with Crippen LogP contribution in [0.3, 0.4) is 0 Å². The molecule has 0 radical (unpaired) electrons. The highest BCUT2D eigenvalue weighted by molar-refractivity contribution is 6.22. The molecule has 0 aliphatic carbocycles. The zero-order chi connectivity index (χ0) is 14.2. The number of hydrogen-bond donors (Lipinski definition) is 0. The number of benzene rings is 2. The minimum absolute atomic E-state index is 0.239. The van der Waals surface area contributed by atoms with E-state index in [2.05, 4.69) is 0 Å². The molecule has 0 aromatic heterocycles. The predicted octanol–water partition coefficient (Wildman–Crippen LogP) is 5.22. The van der Waals surface area contributed by atoms with Crippen molar-refractivity contribution in [2.24, 2.45) is 0 Å². The Morgan fingerprint density at radius 1 is 0.895 bits per heavy atom. The van der Waals surface area contributed by atoms with Gasteiger partial charge in [-0.05, 0) is 43.0 Å². The Bertz CT molecular complexity index is 597. The monoisotopic (exact) mass is 280 g/mol. The van der Waals surface area contributed by atoms with Gasteiger partial charge in [-0.2, -0.15) is 0 Å². The summed E-state index contributed by atoms with van der Waals surface area (Å²) in [4.78, 5) is 0. The number of hydrogen-bond acceptors (Lipinski definition) is 0. The Labute approximate surface area is 117 Å². The van der Waals surface area contributed by atoms with Crippen LogP contribution in [0.1, 0.15) is 33.2 Å². The van der Waals surface area contributed by atoms with E-state index in [4.69, 9.17) is 11.6 Å². The highest BCUT2D eigenvalue weighted by atomic mass is 35.5. The molecule has 0 aliphatic rings. The van der Waals surface area contributed by atoms with Crippen molar-refractivity contribution in [2.45, 2.75) is 26.1 Å². The summed E-state index contributed by atoms with van der Waals surface area (Å²) < 4.78 is 27.7. The van der Waals surface area contributed by atoms with Crippen molar-refractivity contribution in [2.75, 3.05) is 0 Å². The van der Waals surface area contributed by atoms with E-state index >= 15 is 0 Å². The smallest absolute Gasteiger partial charge is 0.131 e. The van der Waals surface area contributed by atoms with E-state index in [1.807, 2.05) is 0 Å². The molecule has 0 saturated heterocycles. The van der Waals surface area contributed by atoms with Gasteiger partial charge in [0.25, 0.3) is 0 Å². The van der Waals surface area contributed by atoms with Crippen LogP contribution < -0.4 is 0 Å². The van der Waals surface area contributed by atoms with Gasteiger partial charge < -0.3 is 0 Å². The molecule has 0 amide bonds. The Morgan fingerprint density at radius 3 is 2.05 bits per heavy atom. The molecule has 0 bridgehead atoms. The summed E-state index contributed by atoms with van der Waals surface area (Å²) in [6, 6.07) is 8.47. The lowest BCUT2D eigenvalue weighted by Gasteiger charge is -2.14. The topological polar surface area (TPSA) is 0 Å². The SMILES string of the molecule is Cc1cc(C(Cl)c2cccc(C)c2F)cc(C)c1F. The summed E-state index contributed by atoms with van der Waals surface area (Å²) in [5.41, 5.74) is 2.73. The fraction of sp³-hybridized carbons (Fsp3) is 0.250. The van der Waals surface area contributed by atoms with E-state index < -0.39 is 5.38 Å². The third kappa shape index (κ3) is 2.64. The van der Waals surface area contributed by atoms with Gasteiger partial charge in [-0.3, -0.25) is 0 Å². The maximum Gasteiger partial charge on any atom is 0.131 e. The van der Waals surface area contributed by atoms with Gasteiger partial charge in [0.05, 0.1) is 5.38 Å². The molecule has 0 aliphatic heterocycles. The van der Waals surface area contributed by atoms with E-state index in [9.17, 15) is 8.78 Å². The Morgan fingerprint density at radius 2 is 1.47 bits per heavy atom. The summed E-state index contributed by atoms with van der Waals surface area (Å²) in [7, 11) is 0. The van der Waals surface area contributed by atoms with Crippen LogP contribution >= 0.6 is 11.6 Å². The zero-order valence-electron chi connectivity index (χ0n) is 11.1. The zero-order valence-corrected chi connectivity index (χ0v) is 11.9. The van der Waals surface area contributed by atoms with E-state index in [-0.39, 0.29) is 11.6 Å². The normalized spacial score (nSPS) is 12.5. The van der Waals surface area contributed by atoms with Crippen LogP contribution in [0.4, 0.5) is 8.78 Å². The molecule has 0 spiro atoms. The molecular formula is C16H15ClF2. The maximum absolute atomic E-state index is 14.1. The molecule has 0 nitrogen and oxygen atoms in total. The summed E-state index contributed by atoms with van der Waals surface area (Å²) in [5.74, 6) is -0.542. The molecule has 2 aromatic rings. The molecule has 100 valence electrons. The first-order valence-corrected chi connectivity index (χ1v) is 6.51. The second-order valence-electron chi connectivity index (χ2n) is 4.81. The predicted molar refractivity (Wildman–Crippen MR) is 74.7 cm³/mol. The summed E-state index contributed by atoms with van der Waals surface area (Å²) >= 11 is 6.34. The van der Waals surface area contributed by atoms with Gasteiger partial charge in [-0.15, -0.1) is 11.6 Å². The molecule has 0 saturated carbocycles. The van der Waals surface area contributed by atoms with Gasteiger partial charge >= 0.3 is 0 Å². The van der Waals surface area contributed by atoms with E-state index in [1.54, 1.807) is 51.1 Å². The third-order valence-electron chi connectivity index (χ3n) is 3.25. The van der Waals surface area contributed by atoms with Gasteiger partial charge in [-0.25, -0.2) is 8.78 Å². The molecule has 19 heavy (non-hydrogen) atoms. The van der Waals surface area contributed by atoms with Crippen LogP contribution in [0, 0.1) is 32.4 Å². The van der Waals surface area contributed by atoms with Crippen molar-refractivity contribution in [3.05, 3.63) is 69.8 Å². The first kappa shape index (κ1) is 14.0. The molecule has 1 unspecified atom stereocenters. The van der Waals surface area contributed by atoms with Crippen LogP contribution in [0.2, 0.25) is 0 Å². The first-order valence-electron chi connectivity index (χ1n) is 6.07. The van der Waals surface area contributed by atoms with Crippen LogP contribution in [0.15, 0.2) is 30.3 Å². The van der Waals surface area contributed by atoms with E-state index in [1.165, 1.54) is 0 Å². The number of aryl methyl sites for hydroxylation is 3. The second kappa shape index (κ2) is 5.30. The molecule has 3 heteroatoms. The molecule has 0 fully saturated rings. The highest BCUT2D eigenvalue weighted by Gasteiger charge is 2.18. The first-order chi connectivity index (χ1) is 8.91. The molecule has 2 aromatic carbocycles. The van der Waals surface area contributed by atoms with Crippen LogP contribution in [0.5, 0.6) is 0 Å². The fourth-order valence-electron chi connectivity index (χ4n) is 2.17. The Hall–Kier alpha value is -1.41. The van der Waals surface area contributed by atoms with Gasteiger partial charge in [0.1, 0.15) is 11.6 Å². The van der Waals surface area contributed by atoms with Gasteiger partial charge in [-0.1, -0.05) is 30.3 Å². The van der Waals surface area contributed by atoms with Crippen LogP contribution in [-0.2, 0) is 0 Å². The second-order valence-corrected chi connectivity index (χ2v) is 5.25. The van der Waals surface area contributed by atoms with Crippen molar-refractivity contribution in [1.29, 1.82) is 0 Å². The van der Waals surface area contributed by atoms with Crippen LogP contribution in [0.25, 0.3) is 0 Å². The Balaban J connectivity index is 2.50. The minimum atomic E-state index is -0.613. The molecule has 0 heterocycles. The van der Waals surface area contributed by atoms with Crippen LogP contribution in [-0.4, -0.2) is 0 Å². The van der Waals surface area contributed by atoms with Crippen molar-refractivity contribution < 1.29 is 8.78 Å². The fourth-order valence-corrected chi connectivity index (χ4v) is 2.47. The summed E-state index contributed by atoms with van der Waals surface area (Å²) in [6.07, 6.45) is 0. The lowest BCUT2D eigenvalue weighted by Crippen LogP contribution is -2.01. The van der Waals surface area contributed by atoms with E-state index in [0.717, 1.165) is 0 Å². The lowest BCUT2D eigenvalue weighted by atomic mass is 9.98. The molecular weight excluding hydrogens is 266 g/mol. The van der Waals surface area contributed by atoms with Crippen molar-refractivity contribution in [1.82, 2.24) is 0 Å². The van der Waals surface area contributed by atoms with Crippen molar-refractivity contribution in [3.8, 4) is 0 Å². The molecule has 1 atom stereocenters. The average Bonchev–Trinajstić information content (AvgIpc) is 2.38. The molecule has 2 rings (SSSR count).